The topological polar surface area (TPSA) is 115 Å². The number of methoxy groups -OCH3 is 1. The Balaban J connectivity index is 1.31. The van der Waals surface area contributed by atoms with Crippen molar-refractivity contribution in [1.29, 1.82) is 0 Å². The van der Waals surface area contributed by atoms with Crippen LogP contribution in [0.4, 0.5) is 4.79 Å². The number of H-pyrrole nitrogens is 1. The molecule has 2 aromatic carbocycles. The molecule has 0 bridgehead atoms. The van der Waals surface area contributed by atoms with Crippen LogP contribution in [0.3, 0.4) is 0 Å². The lowest BCUT2D eigenvalue weighted by Crippen LogP contribution is -2.50. The van der Waals surface area contributed by atoms with Gasteiger partial charge in [-0.1, -0.05) is 37.3 Å². The van der Waals surface area contributed by atoms with E-state index in [2.05, 4.69) is 63.1 Å². The number of carbonyl (C=O) groups excluding carboxylic acids is 2. The zero-order valence-electron chi connectivity index (χ0n) is 25.2. The summed E-state index contributed by atoms with van der Waals surface area (Å²) in [6.45, 7) is 11.8. The fourth-order valence-corrected chi connectivity index (χ4v) is 6.13. The van der Waals surface area contributed by atoms with E-state index in [9.17, 15) is 9.59 Å². The summed E-state index contributed by atoms with van der Waals surface area (Å²) in [5.74, 6) is 0.845. The smallest absolute Gasteiger partial charge is 0.453 e. The Morgan fingerprint density at radius 3 is 2.62 bits per heavy atom. The van der Waals surface area contributed by atoms with Crippen molar-refractivity contribution in [3.63, 3.8) is 0 Å². The molecule has 0 saturated carbocycles. The number of rotatable bonds is 5. The largest absolute Gasteiger partial charge is 0.494 e. The Hall–Kier alpha value is -3.41. The van der Waals surface area contributed by atoms with Crippen molar-refractivity contribution in [3.8, 4) is 0 Å². The van der Waals surface area contributed by atoms with Crippen LogP contribution < -0.4 is 10.8 Å². The molecular formula is C31H39BN4O6. The van der Waals surface area contributed by atoms with Crippen molar-refractivity contribution in [3.05, 3.63) is 47.8 Å². The summed E-state index contributed by atoms with van der Waals surface area (Å²) in [6.07, 6.45) is 2.57. The predicted octanol–water partition coefficient (Wildman–Crippen LogP) is 4.00. The Morgan fingerprint density at radius 2 is 1.93 bits per heavy atom. The van der Waals surface area contributed by atoms with Crippen molar-refractivity contribution in [2.24, 2.45) is 5.92 Å². The van der Waals surface area contributed by atoms with E-state index < -0.39 is 30.5 Å². The van der Waals surface area contributed by atoms with Crippen LogP contribution in [0.1, 0.15) is 59.3 Å². The number of nitrogens with one attached hydrogen (secondary N) is 2. The average molecular weight is 574 g/mol. The number of likely N-dealkylation sites (tertiary alicyclic amines) is 1. The van der Waals surface area contributed by atoms with E-state index in [1.54, 1.807) is 0 Å². The molecule has 3 atom stereocenters. The van der Waals surface area contributed by atoms with E-state index in [1.165, 1.54) is 7.11 Å². The summed E-state index contributed by atoms with van der Waals surface area (Å²) in [4.78, 5) is 36.6. The van der Waals surface area contributed by atoms with Crippen molar-refractivity contribution >= 4 is 46.4 Å². The van der Waals surface area contributed by atoms with Crippen LogP contribution >= 0.6 is 0 Å². The number of aromatic nitrogens is 2. The van der Waals surface area contributed by atoms with Crippen molar-refractivity contribution in [1.82, 2.24) is 20.2 Å². The minimum absolute atomic E-state index is 0.166. The van der Waals surface area contributed by atoms with E-state index in [-0.39, 0.29) is 17.9 Å². The third-order valence-corrected chi connectivity index (χ3v) is 9.21. The lowest BCUT2D eigenvalue weighted by molar-refractivity contribution is -0.133. The van der Waals surface area contributed by atoms with Gasteiger partial charge in [-0.05, 0) is 68.9 Å². The first kappa shape index (κ1) is 28.7. The van der Waals surface area contributed by atoms with Crippen LogP contribution in [0.25, 0.3) is 21.8 Å². The number of amides is 2. The average Bonchev–Trinajstić information content (AvgIpc) is 3.64. The van der Waals surface area contributed by atoms with Gasteiger partial charge in [0.1, 0.15) is 11.9 Å². The van der Waals surface area contributed by atoms with E-state index in [4.69, 9.17) is 23.8 Å². The summed E-state index contributed by atoms with van der Waals surface area (Å²) in [5.41, 5.74) is 2.73. The number of nitrogens with zero attached hydrogens (tertiary/aromatic N) is 2. The van der Waals surface area contributed by atoms with Crippen LogP contribution in [0, 0.1) is 5.92 Å². The number of ether oxygens (including phenoxy) is 2. The van der Waals surface area contributed by atoms with Gasteiger partial charge in [-0.25, -0.2) is 9.78 Å². The van der Waals surface area contributed by atoms with Crippen molar-refractivity contribution < 1.29 is 28.4 Å². The Labute approximate surface area is 246 Å². The highest BCUT2D eigenvalue weighted by molar-refractivity contribution is 6.62. The Kier molecular flexibility index (Phi) is 7.31. The van der Waals surface area contributed by atoms with Gasteiger partial charge >= 0.3 is 13.2 Å². The molecule has 2 N–H and O–H groups in total. The highest BCUT2D eigenvalue weighted by Crippen LogP contribution is 2.38. The van der Waals surface area contributed by atoms with E-state index in [0.717, 1.165) is 45.1 Å². The summed E-state index contributed by atoms with van der Waals surface area (Å²) in [7, 11) is 0.856. The summed E-state index contributed by atoms with van der Waals surface area (Å²) < 4.78 is 22.8. The zero-order chi connectivity index (χ0) is 29.8. The summed E-state index contributed by atoms with van der Waals surface area (Å²) >= 11 is 0. The van der Waals surface area contributed by atoms with Gasteiger partial charge < -0.3 is 34.0 Å². The number of hydrogen-bond acceptors (Lipinski definition) is 7. The molecule has 3 unspecified atom stereocenters. The molecule has 3 aromatic rings. The molecule has 2 amide bonds. The quantitative estimate of drug-likeness (QED) is 0.350. The van der Waals surface area contributed by atoms with Crippen molar-refractivity contribution in [2.75, 3.05) is 26.9 Å². The van der Waals surface area contributed by atoms with Crippen LogP contribution in [-0.2, 0) is 23.6 Å². The number of imidazole rings is 1. The first-order valence-electron chi connectivity index (χ1n) is 14.7. The molecule has 42 heavy (non-hydrogen) atoms. The molecule has 1 aromatic heterocycles. The fraction of sp³-hybridized carbons (Fsp3) is 0.516. The highest BCUT2D eigenvalue weighted by Gasteiger charge is 2.51. The van der Waals surface area contributed by atoms with E-state index >= 15 is 0 Å². The monoisotopic (exact) mass is 574 g/mol. The molecule has 2 fully saturated rings. The Bertz CT molecular complexity index is 1550. The molecule has 10 nitrogen and oxygen atoms in total. The van der Waals surface area contributed by atoms with Gasteiger partial charge in [-0.3, -0.25) is 4.79 Å². The van der Waals surface area contributed by atoms with Crippen LogP contribution in [-0.4, -0.2) is 78.1 Å². The molecule has 3 aliphatic rings. The molecule has 11 heteroatoms. The van der Waals surface area contributed by atoms with E-state index in [1.807, 2.05) is 23.1 Å². The Morgan fingerprint density at radius 1 is 1.17 bits per heavy atom. The number of benzene rings is 2. The SMILES string of the molecule is COC(=O)NC(C(=O)N1CC(C)CC1c1nc2c(ccc3cc(B4OC(C)(C)C(C)(C)O4)ccc32)[nH]1)C1=CCOCC1. The maximum Gasteiger partial charge on any atom is 0.494 e. The van der Waals surface area contributed by atoms with Gasteiger partial charge in [0.2, 0.25) is 5.91 Å². The predicted molar refractivity (Wildman–Crippen MR) is 160 cm³/mol. The summed E-state index contributed by atoms with van der Waals surface area (Å²) in [6, 6.07) is 9.24. The number of fused-ring (bicyclic) bond motifs is 3. The van der Waals surface area contributed by atoms with Gasteiger partial charge in [0.05, 0.1) is 48.6 Å². The van der Waals surface area contributed by atoms with Gasteiger partial charge in [-0.2, -0.15) is 0 Å². The van der Waals surface area contributed by atoms with Gasteiger partial charge in [0.15, 0.2) is 0 Å². The third-order valence-electron chi connectivity index (χ3n) is 9.21. The first-order chi connectivity index (χ1) is 20.0. The van der Waals surface area contributed by atoms with Crippen LogP contribution in [0.5, 0.6) is 0 Å². The van der Waals surface area contributed by atoms with E-state index in [0.29, 0.717) is 26.2 Å². The normalized spacial score (nSPS) is 24.2. The molecule has 2 saturated heterocycles. The van der Waals surface area contributed by atoms with Crippen LogP contribution in [0.15, 0.2) is 42.0 Å². The molecule has 0 spiro atoms. The first-order valence-corrected chi connectivity index (χ1v) is 14.7. The molecule has 6 rings (SSSR count). The lowest BCUT2D eigenvalue weighted by Gasteiger charge is -2.32. The number of hydrogen-bond donors (Lipinski definition) is 2. The molecule has 222 valence electrons. The molecule has 0 radical (unpaired) electrons. The zero-order valence-corrected chi connectivity index (χ0v) is 25.2. The number of alkyl carbamates (subject to hydrolysis) is 1. The molecule has 3 aliphatic heterocycles. The van der Waals surface area contributed by atoms with Gasteiger partial charge in [0.25, 0.3) is 0 Å². The van der Waals surface area contributed by atoms with Gasteiger partial charge in [0, 0.05) is 11.9 Å². The maximum atomic E-state index is 14.0. The second kappa shape index (κ2) is 10.7. The maximum absolute atomic E-state index is 14.0. The number of carbonyl (C=O) groups is 2. The lowest BCUT2D eigenvalue weighted by atomic mass is 9.78. The molecular weight excluding hydrogens is 535 g/mol. The van der Waals surface area contributed by atoms with Gasteiger partial charge in [-0.15, -0.1) is 0 Å². The minimum Gasteiger partial charge on any atom is -0.453 e. The van der Waals surface area contributed by atoms with Crippen LogP contribution in [0.2, 0.25) is 0 Å². The standard InChI is InChI=1S/C31H39BN4O6/c1-18-15-24(36(17-18)28(37)25(35-29(38)39-6)19-11-13-40-14-12-19)27-33-23-10-7-20-16-21(8-9-22(20)26(23)34-27)32-41-30(2,3)31(4,5)42-32/h7-11,16,18,24-25H,12-15,17H2,1-6H3,(H,33,34)(H,35,38). The second-order valence-electron chi connectivity index (χ2n) is 12.7. The molecule has 0 aliphatic carbocycles. The number of aromatic amines is 1. The second-order valence-corrected chi connectivity index (χ2v) is 12.7. The van der Waals surface area contributed by atoms with Crippen molar-refractivity contribution in [2.45, 2.75) is 70.7 Å². The highest BCUT2D eigenvalue weighted by atomic mass is 16.7. The molecule has 4 heterocycles. The third kappa shape index (κ3) is 5.07. The minimum atomic E-state index is -0.812. The fourth-order valence-electron chi connectivity index (χ4n) is 6.13. The summed E-state index contributed by atoms with van der Waals surface area (Å²) in [5, 5.41) is 4.81.